The molecule has 1 aromatic heterocycles. The maximum atomic E-state index is 15.6. The number of benzene rings is 3. The first-order valence-electron chi connectivity index (χ1n) is 19.8. The molecule has 2 N–H and O–H groups in total. The number of nitrogens with one attached hydrogen (secondary N) is 2. The minimum absolute atomic E-state index is 0.0109. The van der Waals surface area contributed by atoms with Crippen LogP contribution in [-0.2, 0) is 25.5 Å². The first kappa shape index (κ1) is 44.2. The maximum Gasteiger partial charge on any atom is 0.425 e. The summed E-state index contributed by atoms with van der Waals surface area (Å²) in [7, 11) is 1.59. The highest BCUT2D eigenvalue weighted by molar-refractivity contribution is 6.14. The van der Waals surface area contributed by atoms with Crippen molar-refractivity contribution in [1.29, 1.82) is 0 Å². The second-order valence-electron chi connectivity index (χ2n) is 17.0. The van der Waals surface area contributed by atoms with Crippen LogP contribution in [0, 0.1) is 18.7 Å². The van der Waals surface area contributed by atoms with Crippen molar-refractivity contribution in [2.24, 2.45) is 5.92 Å². The Morgan fingerprint density at radius 3 is 2.24 bits per heavy atom. The molecule has 1 unspecified atom stereocenters. The van der Waals surface area contributed by atoms with Gasteiger partial charge in [0.1, 0.15) is 11.2 Å². The molecule has 0 aliphatic heterocycles. The van der Waals surface area contributed by atoms with Crippen molar-refractivity contribution in [2.45, 2.75) is 98.3 Å². The topological polar surface area (TPSA) is 149 Å². The van der Waals surface area contributed by atoms with Gasteiger partial charge in [-0.1, -0.05) is 44.0 Å². The molecule has 4 aromatic rings. The fraction of sp³-hybridized carbons (Fsp3) is 0.444. The normalized spacial score (nSPS) is 13.3. The minimum Gasteiger partial charge on any atom is -0.490 e. The van der Waals surface area contributed by atoms with Crippen LogP contribution in [0.2, 0.25) is 0 Å². The molecule has 3 aromatic carbocycles. The van der Waals surface area contributed by atoms with Crippen LogP contribution in [0.5, 0.6) is 5.75 Å². The lowest BCUT2D eigenvalue weighted by Crippen LogP contribution is -2.44. The van der Waals surface area contributed by atoms with Crippen molar-refractivity contribution in [3.05, 3.63) is 89.4 Å². The van der Waals surface area contributed by atoms with E-state index in [2.05, 4.69) is 15.6 Å². The Kier molecular flexibility index (Phi) is 14.1. The summed E-state index contributed by atoms with van der Waals surface area (Å²) in [4.78, 5) is 59.5. The van der Waals surface area contributed by atoms with Crippen molar-refractivity contribution in [3.8, 4) is 5.75 Å². The summed E-state index contributed by atoms with van der Waals surface area (Å²) < 4.78 is 38.1. The third-order valence-corrected chi connectivity index (χ3v) is 9.40. The number of amides is 4. The van der Waals surface area contributed by atoms with E-state index in [0.717, 1.165) is 35.3 Å². The van der Waals surface area contributed by atoms with Crippen LogP contribution >= 0.6 is 0 Å². The smallest absolute Gasteiger partial charge is 0.425 e. The van der Waals surface area contributed by atoms with Crippen LogP contribution in [0.1, 0.15) is 90.3 Å². The molecule has 0 bridgehead atoms. The molecular formula is C45H56FN5O8. The number of ether oxygens (including phenoxy) is 4. The largest absolute Gasteiger partial charge is 0.490 e. The molecule has 5 rings (SSSR count). The predicted molar refractivity (Wildman–Crippen MR) is 225 cm³/mol. The number of carbonyl (C=O) groups is 4. The second kappa shape index (κ2) is 18.8. The summed E-state index contributed by atoms with van der Waals surface area (Å²) >= 11 is 0. The van der Waals surface area contributed by atoms with Gasteiger partial charge in [0.2, 0.25) is 5.91 Å². The average molecular weight is 814 g/mol. The number of aromatic nitrogens is 1. The first-order valence-corrected chi connectivity index (χ1v) is 19.8. The monoisotopic (exact) mass is 813 g/mol. The van der Waals surface area contributed by atoms with Gasteiger partial charge in [0.25, 0.3) is 0 Å². The van der Waals surface area contributed by atoms with Gasteiger partial charge < -0.3 is 29.2 Å². The number of imide groups is 1. The first-order chi connectivity index (χ1) is 27.8. The molecule has 14 heteroatoms. The number of anilines is 3. The van der Waals surface area contributed by atoms with E-state index in [1.807, 2.05) is 38.1 Å². The lowest BCUT2D eigenvalue weighted by Gasteiger charge is -2.28. The van der Waals surface area contributed by atoms with E-state index in [4.69, 9.17) is 18.9 Å². The summed E-state index contributed by atoms with van der Waals surface area (Å²) in [6.45, 7) is 14.4. The fourth-order valence-electron chi connectivity index (χ4n) is 6.29. The Morgan fingerprint density at radius 2 is 1.59 bits per heavy atom. The Labute approximate surface area is 345 Å². The number of aryl methyl sites for hydroxylation is 1. The number of pyridine rings is 1. The molecule has 4 amide bonds. The van der Waals surface area contributed by atoms with Gasteiger partial charge in [-0.25, -0.2) is 23.8 Å². The summed E-state index contributed by atoms with van der Waals surface area (Å²) in [5, 5.41) is 6.84. The van der Waals surface area contributed by atoms with E-state index in [9.17, 15) is 19.2 Å². The highest BCUT2D eigenvalue weighted by Gasteiger charge is 2.34. The van der Waals surface area contributed by atoms with Gasteiger partial charge in [0.05, 0.1) is 19.8 Å². The van der Waals surface area contributed by atoms with Crippen LogP contribution in [0.15, 0.2) is 66.9 Å². The number of hydrogen-bond donors (Lipinski definition) is 2. The van der Waals surface area contributed by atoms with Crippen molar-refractivity contribution in [2.75, 3.05) is 42.3 Å². The fourth-order valence-corrected chi connectivity index (χ4v) is 6.29. The lowest BCUT2D eigenvalue weighted by molar-refractivity contribution is -0.128. The van der Waals surface area contributed by atoms with Crippen molar-refractivity contribution >= 4 is 52.2 Å². The molecule has 13 nitrogen and oxygen atoms in total. The molecule has 1 aliphatic rings. The minimum atomic E-state index is -0.941. The van der Waals surface area contributed by atoms with Gasteiger partial charge >= 0.3 is 18.3 Å². The van der Waals surface area contributed by atoms with Crippen LogP contribution in [0.4, 0.5) is 36.0 Å². The van der Waals surface area contributed by atoms with Gasteiger partial charge in [-0.2, -0.15) is 4.90 Å². The van der Waals surface area contributed by atoms with Crippen LogP contribution < -0.4 is 20.3 Å². The third-order valence-electron chi connectivity index (χ3n) is 9.40. The van der Waals surface area contributed by atoms with E-state index in [0.29, 0.717) is 34.5 Å². The zero-order chi connectivity index (χ0) is 43.1. The molecule has 1 atom stereocenters. The number of nitrogens with zero attached hydrogens (tertiary/aromatic N) is 3. The van der Waals surface area contributed by atoms with Crippen LogP contribution in [0.3, 0.4) is 0 Å². The molecule has 1 aliphatic carbocycles. The Morgan fingerprint density at radius 1 is 0.915 bits per heavy atom. The number of rotatable bonds is 14. The number of carbonyl (C=O) groups excluding carboxylic acids is 4. The summed E-state index contributed by atoms with van der Waals surface area (Å²) in [6.07, 6.45) is 1.90. The van der Waals surface area contributed by atoms with E-state index >= 15 is 4.39 Å². The van der Waals surface area contributed by atoms with Crippen molar-refractivity contribution in [3.63, 3.8) is 0 Å². The molecular weight excluding hydrogens is 758 g/mol. The molecule has 59 heavy (non-hydrogen) atoms. The summed E-state index contributed by atoms with van der Waals surface area (Å²) in [5.41, 5.74) is 1.49. The van der Waals surface area contributed by atoms with Gasteiger partial charge in [0, 0.05) is 54.1 Å². The molecule has 0 saturated heterocycles. The summed E-state index contributed by atoms with van der Waals surface area (Å²) in [6, 6.07) is 17.5. The standard InChI is InChI=1S/C45H56FN5O8/c1-28-12-10-11-13-35(28)29(2)27-57-41(53)49-34-23-32(39(37(46)24-34)56-21-19-30-14-15-30)26-50(9)38(52)25-48-33-16-17-36-31(22-33)18-20-47-40(36)51(42(54)58-44(3,4)5)43(55)59-45(6,7)8/h10-13,16-18,20,22-24,29-30,48H,14-15,19,21,25-27H2,1-9H3,(H,49,53). The van der Waals surface area contributed by atoms with Crippen molar-refractivity contribution < 1.29 is 42.5 Å². The van der Waals surface area contributed by atoms with E-state index < -0.39 is 35.3 Å². The molecule has 1 heterocycles. The zero-order valence-corrected chi connectivity index (χ0v) is 35.4. The molecule has 1 saturated carbocycles. The Balaban J connectivity index is 1.28. The third kappa shape index (κ3) is 12.8. The predicted octanol–water partition coefficient (Wildman–Crippen LogP) is 9.96. The van der Waals surface area contributed by atoms with Crippen LogP contribution in [0.25, 0.3) is 10.8 Å². The SMILES string of the molecule is Cc1ccccc1C(C)COC(=O)Nc1cc(F)c(OCCC2CC2)c(CN(C)C(=O)CNc2ccc3c(N(C(=O)OC(C)(C)C)C(=O)OC(C)(C)C)nccc3c2)c1. The van der Waals surface area contributed by atoms with Gasteiger partial charge in [-0.15, -0.1) is 0 Å². The number of likely N-dealkylation sites (N-methyl/N-ethyl adjacent to an activating group) is 1. The zero-order valence-electron chi connectivity index (χ0n) is 35.4. The van der Waals surface area contributed by atoms with Crippen molar-refractivity contribution in [1.82, 2.24) is 9.88 Å². The molecule has 0 spiro atoms. The number of halogens is 1. The molecule has 1 fully saturated rings. The molecule has 316 valence electrons. The van der Waals surface area contributed by atoms with Gasteiger partial charge in [-0.3, -0.25) is 10.1 Å². The number of fused-ring (bicyclic) bond motifs is 1. The Hall–Kier alpha value is -5.92. The summed E-state index contributed by atoms with van der Waals surface area (Å²) in [5.74, 6) is -0.403. The van der Waals surface area contributed by atoms with E-state index in [1.54, 1.807) is 78.9 Å². The maximum absolute atomic E-state index is 15.6. The van der Waals surface area contributed by atoms with E-state index in [1.165, 1.54) is 17.2 Å². The lowest BCUT2D eigenvalue weighted by atomic mass is 9.97. The van der Waals surface area contributed by atoms with Crippen LogP contribution in [-0.4, -0.2) is 72.1 Å². The van der Waals surface area contributed by atoms with Gasteiger partial charge in [0.15, 0.2) is 17.4 Å². The molecule has 0 radical (unpaired) electrons. The quantitative estimate of drug-likeness (QED) is 0.118. The second-order valence-corrected chi connectivity index (χ2v) is 17.0. The van der Waals surface area contributed by atoms with E-state index in [-0.39, 0.29) is 48.8 Å². The highest BCUT2D eigenvalue weighted by atomic mass is 19.1. The average Bonchev–Trinajstić information content (AvgIpc) is 3.97. The highest BCUT2D eigenvalue weighted by Crippen LogP contribution is 2.34. The number of hydrogen-bond acceptors (Lipinski definition) is 10. The Bertz CT molecular complexity index is 2130. The van der Waals surface area contributed by atoms with Gasteiger partial charge in [-0.05, 0) is 108 Å².